The third kappa shape index (κ3) is 2.92. The topological polar surface area (TPSA) is 12.0 Å². The van der Waals surface area contributed by atoms with Crippen LogP contribution in [0.3, 0.4) is 0 Å². The summed E-state index contributed by atoms with van der Waals surface area (Å²) in [6, 6.07) is 4.40. The highest BCUT2D eigenvalue weighted by atomic mass is 19.1. The maximum absolute atomic E-state index is 13.7. The Morgan fingerprint density at radius 2 is 1.89 bits per heavy atom. The molecule has 0 amide bonds. The van der Waals surface area contributed by atoms with Gasteiger partial charge in [0.05, 0.1) is 0 Å². The molecule has 1 aromatic carbocycles. The van der Waals surface area contributed by atoms with E-state index in [0.29, 0.717) is 6.04 Å². The molecule has 1 unspecified atom stereocenters. The van der Waals surface area contributed by atoms with Crippen molar-refractivity contribution in [1.82, 2.24) is 5.32 Å². The van der Waals surface area contributed by atoms with Crippen molar-refractivity contribution < 1.29 is 4.39 Å². The Balaban J connectivity index is 2.18. The number of halogens is 1. The van der Waals surface area contributed by atoms with Gasteiger partial charge < -0.3 is 5.32 Å². The number of aryl methyl sites for hydroxylation is 2. The first-order valence-corrected chi connectivity index (χ1v) is 7.11. The monoisotopic (exact) mass is 249 g/mol. The predicted molar refractivity (Wildman–Crippen MR) is 74.2 cm³/mol. The molecule has 0 spiro atoms. The highest BCUT2D eigenvalue weighted by Gasteiger charge is 2.23. The van der Waals surface area contributed by atoms with E-state index in [0.717, 1.165) is 23.6 Å². The fourth-order valence-electron chi connectivity index (χ4n) is 2.83. The predicted octanol–water partition coefficient (Wildman–Crippen LogP) is 4.28. The second-order valence-electron chi connectivity index (χ2n) is 5.61. The van der Waals surface area contributed by atoms with E-state index in [1.54, 1.807) is 0 Å². The summed E-state index contributed by atoms with van der Waals surface area (Å²) in [5.74, 6) is 0.803. The van der Waals surface area contributed by atoms with Crippen LogP contribution in [-0.4, -0.2) is 6.54 Å². The quantitative estimate of drug-likeness (QED) is 0.821. The van der Waals surface area contributed by atoms with Crippen LogP contribution in [0.4, 0.5) is 4.39 Å². The van der Waals surface area contributed by atoms with Gasteiger partial charge in [-0.25, -0.2) is 4.39 Å². The molecule has 0 saturated heterocycles. The molecule has 0 bridgehead atoms. The summed E-state index contributed by atoms with van der Waals surface area (Å²) in [7, 11) is 0. The van der Waals surface area contributed by atoms with Gasteiger partial charge in [0.15, 0.2) is 0 Å². The van der Waals surface area contributed by atoms with Gasteiger partial charge in [-0.15, -0.1) is 0 Å². The van der Waals surface area contributed by atoms with Crippen molar-refractivity contribution in [2.24, 2.45) is 5.92 Å². The van der Waals surface area contributed by atoms with Crippen LogP contribution in [-0.2, 0) is 0 Å². The standard InChI is InChI=1S/C16H24FN/c1-4-18-15(10-13-6-5-7-13)14-8-11(2)16(17)12(3)9-14/h8-9,13,15,18H,4-7,10H2,1-3H3. The molecule has 1 aliphatic carbocycles. The average Bonchev–Trinajstić information content (AvgIpc) is 2.28. The van der Waals surface area contributed by atoms with Gasteiger partial charge in [0.25, 0.3) is 0 Å². The lowest BCUT2D eigenvalue weighted by Gasteiger charge is -2.30. The molecule has 0 radical (unpaired) electrons. The van der Waals surface area contributed by atoms with Gasteiger partial charge in [0.1, 0.15) is 5.82 Å². The molecular formula is C16H24FN. The summed E-state index contributed by atoms with van der Waals surface area (Å²) in [6.07, 6.45) is 5.30. The fraction of sp³-hybridized carbons (Fsp3) is 0.625. The Morgan fingerprint density at radius 1 is 1.28 bits per heavy atom. The van der Waals surface area contributed by atoms with E-state index < -0.39 is 0 Å². The Morgan fingerprint density at radius 3 is 2.33 bits per heavy atom. The van der Waals surface area contributed by atoms with E-state index in [1.165, 1.54) is 31.2 Å². The third-order valence-electron chi connectivity index (χ3n) is 4.11. The van der Waals surface area contributed by atoms with Crippen LogP contribution in [0.1, 0.15) is 55.3 Å². The zero-order valence-corrected chi connectivity index (χ0v) is 11.7. The molecule has 18 heavy (non-hydrogen) atoms. The van der Waals surface area contributed by atoms with Gasteiger partial charge in [-0.1, -0.05) is 38.3 Å². The molecule has 1 aromatic rings. The van der Waals surface area contributed by atoms with Crippen molar-refractivity contribution in [3.05, 3.63) is 34.6 Å². The van der Waals surface area contributed by atoms with Crippen molar-refractivity contribution >= 4 is 0 Å². The van der Waals surface area contributed by atoms with E-state index in [9.17, 15) is 4.39 Å². The van der Waals surface area contributed by atoms with Gasteiger partial charge in [-0.3, -0.25) is 0 Å². The molecule has 1 fully saturated rings. The number of hydrogen-bond acceptors (Lipinski definition) is 1. The van der Waals surface area contributed by atoms with E-state index in [2.05, 4.69) is 12.2 Å². The zero-order valence-electron chi connectivity index (χ0n) is 11.7. The first kappa shape index (κ1) is 13.5. The highest BCUT2D eigenvalue weighted by Crippen LogP contribution is 2.35. The fourth-order valence-corrected chi connectivity index (χ4v) is 2.83. The van der Waals surface area contributed by atoms with Crippen LogP contribution in [0, 0.1) is 25.6 Å². The Labute approximate surface area is 110 Å². The smallest absolute Gasteiger partial charge is 0.129 e. The average molecular weight is 249 g/mol. The third-order valence-corrected chi connectivity index (χ3v) is 4.11. The summed E-state index contributed by atoms with van der Waals surface area (Å²) in [5.41, 5.74) is 2.78. The lowest BCUT2D eigenvalue weighted by atomic mass is 9.79. The Bertz CT molecular complexity index is 387. The molecule has 1 aliphatic rings. The molecule has 1 saturated carbocycles. The lowest BCUT2D eigenvalue weighted by molar-refractivity contribution is 0.262. The number of benzene rings is 1. The minimum Gasteiger partial charge on any atom is -0.310 e. The number of hydrogen-bond donors (Lipinski definition) is 1. The Kier molecular flexibility index (Phi) is 4.39. The summed E-state index contributed by atoms with van der Waals surface area (Å²) < 4.78 is 13.7. The first-order chi connectivity index (χ1) is 8.61. The van der Waals surface area contributed by atoms with Crippen LogP contribution < -0.4 is 5.32 Å². The van der Waals surface area contributed by atoms with Crippen molar-refractivity contribution in [1.29, 1.82) is 0 Å². The maximum Gasteiger partial charge on any atom is 0.129 e. The van der Waals surface area contributed by atoms with Crippen LogP contribution in [0.2, 0.25) is 0 Å². The maximum atomic E-state index is 13.7. The summed E-state index contributed by atoms with van der Waals surface area (Å²) in [6.45, 7) is 6.82. The number of nitrogens with one attached hydrogen (secondary N) is 1. The van der Waals surface area contributed by atoms with Gasteiger partial charge in [0.2, 0.25) is 0 Å². The summed E-state index contributed by atoms with van der Waals surface area (Å²) >= 11 is 0. The van der Waals surface area contributed by atoms with Crippen LogP contribution in [0.25, 0.3) is 0 Å². The molecule has 0 heterocycles. The normalized spacial score (nSPS) is 17.6. The molecule has 0 aromatic heterocycles. The molecule has 2 heteroatoms. The minimum atomic E-state index is -0.0577. The van der Waals surface area contributed by atoms with Gasteiger partial charge in [-0.05, 0) is 49.4 Å². The van der Waals surface area contributed by atoms with E-state index in [4.69, 9.17) is 0 Å². The first-order valence-electron chi connectivity index (χ1n) is 7.11. The van der Waals surface area contributed by atoms with Crippen molar-refractivity contribution in [3.8, 4) is 0 Å². The van der Waals surface area contributed by atoms with Crippen molar-refractivity contribution in [2.75, 3.05) is 6.54 Å². The molecular weight excluding hydrogens is 225 g/mol. The second kappa shape index (κ2) is 5.83. The number of rotatable bonds is 5. The molecule has 1 atom stereocenters. The largest absolute Gasteiger partial charge is 0.310 e. The van der Waals surface area contributed by atoms with Crippen molar-refractivity contribution in [3.63, 3.8) is 0 Å². The van der Waals surface area contributed by atoms with E-state index in [-0.39, 0.29) is 5.82 Å². The highest BCUT2D eigenvalue weighted by molar-refractivity contribution is 5.32. The van der Waals surface area contributed by atoms with Gasteiger partial charge in [-0.2, -0.15) is 0 Å². The van der Waals surface area contributed by atoms with E-state index >= 15 is 0 Å². The molecule has 1 N–H and O–H groups in total. The SMILES string of the molecule is CCNC(CC1CCC1)c1cc(C)c(F)c(C)c1. The van der Waals surface area contributed by atoms with Crippen molar-refractivity contribution in [2.45, 2.75) is 52.5 Å². The molecule has 1 nitrogen and oxygen atoms in total. The van der Waals surface area contributed by atoms with E-state index in [1.807, 2.05) is 26.0 Å². The molecule has 100 valence electrons. The summed E-state index contributed by atoms with van der Waals surface area (Å²) in [5, 5.41) is 3.55. The minimum absolute atomic E-state index is 0.0577. The molecule has 0 aliphatic heterocycles. The summed E-state index contributed by atoms with van der Waals surface area (Å²) in [4.78, 5) is 0. The van der Waals surface area contributed by atoms with Gasteiger partial charge in [0, 0.05) is 6.04 Å². The zero-order chi connectivity index (χ0) is 13.1. The lowest BCUT2D eigenvalue weighted by Crippen LogP contribution is -2.26. The molecule has 2 rings (SSSR count). The second-order valence-corrected chi connectivity index (χ2v) is 5.61. The van der Waals surface area contributed by atoms with Crippen LogP contribution in [0.5, 0.6) is 0 Å². The Hall–Kier alpha value is -0.890. The van der Waals surface area contributed by atoms with Crippen LogP contribution in [0.15, 0.2) is 12.1 Å². The van der Waals surface area contributed by atoms with Gasteiger partial charge >= 0.3 is 0 Å². The van der Waals surface area contributed by atoms with Crippen LogP contribution >= 0.6 is 0 Å².